The molecule has 1 amide bonds. The van der Waals surface area contributed by atoms with E-state index < -0.39 is 11.4 Å². The van der Waals surface area contributed by atoms with Crippen LogP contribution < -0.4 is 10.2 Å². The van der Waals surface area contributed by atoms with Gasteiger partial charge in [0.1, 0.15) is 5.41 Å². The van der Waals surface area contributed by atoms with Crippen molar-refractivity contribution in [3.63, 3.8) is 0 Å². The molecule has 0 saturated carbocycles. The minimum Gasteiger partial charge on any atom is -0.480 e. The first-order valence-electron chi connectivity index (χ1n) is 10.2. The summed E-state index contributed by atoms with van der Waals surface area (Å²) in [4.78, 5) is 25.7. The molecule has 2 N–H and O–H groups in total. The van der Waals surface area contributed by atoms with Gasteiger partial charge in [-0.3, -0.25) is 9.59 Å². The first-order valence-corrected chi connectivity index (χ1v) is 12.0. The third-order valence-electron chi connectivity index (χ3n) is 4.74. The van der Waals surface area contributed by atoms with E-state index in [1.165, 1.54) is 18.5 Å². The zero-order valence-corrected chi connectivity index (χ0v) is 21.7. The van der Waals surface area contributed by atoms with Crippen LogP contribution in [0.4, 0.5) is 11.4 Å². The van der Waals surface area contributed by atoms with Gasteiger partial charge in [0, 0.05) is 25.3 Å². The lowest BCUT2D eigenvalue weighted by molar-refractivity contribution is -0.143. The van der Waals surface area contributed by atoms with Gasteiger partial charge in [-0.05, 0) is 60.7 Å². The van der Waals surface area contributed by atoms with Crippen LogP contribution in [0.25, 0.3) is 5.69 Å². The number of thioether (sulfide) groups is 1. The molecule has 0 spiro atoms. The van der Waals surface area contributed by atoms with E-state index in [4.69, 9.17) is 28.3 Å². The van der Waals surface area contributed by atoms with Gasteiger partial charge in [-0.2, -0.15) is 4.68 Å². The molecule has 1 aromatic heterocycles. The molecule has 35 heavy (non-hydrogen) atoms. The van der Waals surface area contributed by atoms with E-state index in [2.05, 4.69) is 32.7 Å². The molecule has 0 atom stereocenters. The van der Waals surface area contributed by atoms with Gasteiger partial charge in [-0.1, -0.05) is 46.8 Å². The number of hydrogen-bond donors (Lipinski definition) is 2. The highest BCUT2D eigenvalue weighted by atomic mass is 35.5. The first kappa shape index (κ1) is 26.3. The van der Waals surface area contributed by atoms with Crippen LogP contribution in [-0.4, -0.2) is 57.0 Å². The summed E-state index contributed by atoms with van der Waals surface area (Å²) < 4.78 is 1.48. The Kier molecular flexibility index (Phi) is 8.27. The predicted octanol–water partition coefficient (Wildman–Crippen LogP) is 4.23. The number of benzene rings is 2. The Hall–Kier alpha value is -3.26. The van der Waals surface area contributed by atoms with Crippen LogP contribution in [-0.2, 0) is 9.59 Å². The number of carbonyl (C=O) groups is 2. The number of tetrazole rings is 1. The molecule has 0 unspecified atom stereocenters. The number of aromatic nitrogens is 4. The number of amides is 1. The molecule has 9 nitrogen and oxygen atoms in total. The maximum atomic E-state index is 12.5. The fourth-order valence-electron chi connectivity index (χ4n) is 2.65. The van der Waals surface area contributed by atoms with E-state index in [1.807, 2.05) is 31.1 Å². The molecule has 0 bridgehead atoms. The van der Waals surface area contributed by atoms with Gasteiger partial charge in [0.05, 0.1) is 27.2 Å². The third kappa shape index (κ3) is 6.66. The second kappa shape index (κ2) is 11.0. The molecular formula is C23H22Cl2N6O3S. The van der Waals surface area contributed by atoms with Crippen molar-refractivity contribution >= 4 is 58.2 Å². The number of rotatable bonds is 7. The quantitative estimate of drug-likeness (QED) is 0.343. The summed E-state index contributed by atoms with van der Waals surface area (Å²) >= 11 is 13.8. The number of anilines is 2. The van der Waals surface area contributed by atoms with Crippen molar-refractivity contribution in [2.45, 2.75) is 19.0 Å². The maximum absolute atomic E-state index is 12.5. The third-order valence-corrected chi connectivity index (χ3v) is 6.30. The average molecular weight is 533 g/mol. The first-order chi connectivity index (χ1) is 16.5. The molecule has 2 aromatic carbocycles. The lowest BCUT2D eigenvalue weighted by Gasteiger charge is -2.15. The van der Waals surface area contributed by atoms with Gasteiger partial charge >= 0.3 is 5.97 Å². The summed E-state index contributed by atoms with van der Waals surface area (Å²) in [6.07, 6.45) is 0. The van der Waals surface area contributed by atoms with Crippen molar-refractivity contribution < 1.29 is 14.7 Å². The minimum absolute atomic E-state index is 0.0239. The number of carbonyl (C=O) groups excluding carboxylic acids is 1. The highest BCUT2D eigenvalue weighted by Crippen LogP contribution is 2.28. The summed E-state index contributed by atoms with van der Waals surface area (Å²) in [6, 6.07) is 10.3. The largest absolute Gasteiger partial charge is 0.480 e. The number of carboxylic acid groups (broad SMARTS) is 1. The highest BCUT2D eigenvalue weighted by Gasteiger charge is 2.24. The zero-order valence-electron chi connectivity index (χ0n) is 19.3. The standard InChI is InChI=1S/C23H22Cl2N6O3S/c1-23(2,21(33)34)10-9-14-5-8-18(17(25)11-14)26-20(32)13-35-22-27-28-29-31(22)19-12-15(30(3)4)6-7-16(19)24/h5-8,11-12H,13H2,1-4H3,(H,26,32)(H,33,34). The fourth-order valence-corrected chi connectivity index (χ4v) is 3.76. The summed E-state index contributed by atoms with van der Waals surface area (Å²) in [6.45, 7) is 3.03. The van der Waals surface area contributed by atoms with Crippen LogP contribution in [0.3, 0.4) is 0 Å². The van der Waals surface area contributed by atoms with Crippen molar-refractivity contribution in [3.05, 3.63) is 52.0 Å². The lowest BCUT2D eigenvalue weighted by atomic mass is 9.94. The van der Waals surface area contributed by atoms with Crippen LogP contribution in [0.5, 0.6) is 0 Å². The Morgan fingerprint density at radius 2 is 1.91 bits per heavy atom. The number of halogens is 2. The minimum atomic E-state index is -1.19. The van der Waals surface area contributed by atoms with E-state index in [0.717, 1.165) is 17.4 Å². The van der Waals surface area contributed by atoms with Crippen LogP contribution in [0.2, 0.25) is 10.0 Å². The molecule has 0 aliphatic rings. The van der Waals surface area contributed by atoms with Crippen LogP contribution in [0.1, 0.15) is 19.4 Å². The second-order valence-electron chi connectivity index (χ2n) is 8.12. The molecule has 1 heterocycles. The topological polar surface area (TPSA) is 113 Å². The molecular weight excluding hydrogens is 511 g/mol. The number of hydrogen-bond acceptors (Lipinski definition) is 7. The molecule has 182 valence electrons. The van der Waals surface area contributed by atoms with E-state index in [9.17, 15) is 9.59 Å². The van der Waals surface area contributed by atoms with Crippen LogP contribution >= 0.6 is 35.0 Å². The highest BCUT2D eigenvalue weighted by molar-refractivity contribution is 7.99. The number of nitrogens with one attached hydrogen (secondary N) is 1. The number of nitrogens with zero attached hydrogens (tertiary/aromatic N) is 5. The molecule has 0 fully saturated rings. The summed E-state index contributed by atoms with van der Waals surface area (Å²) in [7, 11) is 3.82. The van der Waals surface area contributed by atoms with Crippen molar-refractivity contribution in [2.75, 3.05) is 30.1 Å². The Bertz CT molecular complexity index is 1330. The normalized spacial score (nSPS) is 10.9. The number of carboxylic acids is 1. The predicted molar refractivity (Wildman–Crippen MR) is 138 cm³/mol. The average Bonchev–Trinajstić information content (AvgIpc) is 3.26. The van der Waals surface area contributed by atoms with Gasteiger partial charge in [0.2, 0.25) is 11.1 Å². The lowest BCUT2D eigenvalue weighted by Crippen LogP contribution is -2.21. The Morgan fingerprint density at radius 1 is 1.17 bits per heavy atom. The summed E-state index contributed by atoms with van der Waals surface area (Å²) in [5.41, 5.74) is 1.26. The summed E-state index contributed by atoms with van der Waals surface area (Å²) in [5, 5.41) is 24.8. The molecule has 3 aromatic rings. The number of aliphatic carboxylic acids is 1. The molecule has 0 aliphatic heterocycles. The molecule has 0 aliphatic carbocycles. The van der Waals surface area contributed by atoms with Crippen molar-refractivity contribution in [2.24, 2.45) is 5.41 Å². The van der Waals surface area contributed by atoms with E-state index in [1.54, 1.807) is 24.3 Å². The van der Waals surface area contributed by atoms with Gasteiger partial charge in [0.15, 0.2) is 0 Å². The van der Waals surface area contributed by atoms with Gasteiger partial charge in [0.25, 0.3) is 0 Å². The second-order valence-corrected chi connectivity index (χ2v) is 9.87. The smallest absolute Gasteiger partial charge is 0.321 e. The van der Waals surface area contributed by atoms with Crippen molar-refractivity contribution in [3.8, 4) is 17.5 Å². The van der Waals surface area contributed by atoms with Gasteiger partial charge in [-0.25, -0.2) is 0 Å². The van der Waals surface area contributed by atoms with Crippen LogP contribution in [0.15, 0.2) is 41.6 Å². The van der Waals surface area contributed by atoms with Crippen LogP contribution in [0, 0.1) is 17.3 Å². The Balaban J connectivity index is 1.68. The van der Waals surface area contributed by atoms with Gasteiger partial charge in [-0.15, -0.1) is 5.10 Å². The zero-order chi connectivity index (χ0) is 25.8. The van der Waals surface area contributed by atoms with E-state index in [0.29, 0.717) is 27.1 Å². The van der Waals surface area contributed by atoms with Crippen molar-refractivity contribution in [1.82, 2.24) is 20.2 Å². The molecule has 12 heteroatoms. The SMILES string of the molecule is CN(C)c1ccc(Cl)c(-n2nnnc2SCC(=O)Nc2ccc(C#CC(C)(C)C(=O)O)cc2Cl)c1. The molecule has 0 radical (unpaired) electrons. The Labute approximate surface area is 216 Å². The Morgan fingerprint density at radius 3 is 2.57 bits per heavy atom. The molecule has 3 rings (SSSR count). The van der Waals surface area contributed by atoms with E-state index in [-0.39, 0.29) is 16.7 Å². The van der Waals surface area contributed by atoms with Crippen molar-refractivity contribution in [1.29, 1.82) is 0 Å². The maximum Gasteiger partial charge on any atom is 0.321 e. The summed E-state index contributed by atoms with van der Waals surface area (Å²) in [5.74, 6) is 4.19. The molecule has 0 saturated heterocycles. The fraction of sp³-hybridized carbons (Fsp3) is 0.261. The monoisotopic (exact) mass is 532 g/mol. The van der Waals surface area contributed by atoms with E-state index >= 15 is 0 Å². The van der Waals surface area contributed by atoms with Gasteiger partial charge < -0.3 is 15.3 Å².